The standard InChI is InChI=1S/C8H2F13NO2/c9-2(10,1(22)23)3(11,12)4(13,14)5(15,16)6(17,18)7(19)8(20,21)24-7/h(H2,22,23). The van der Waals surface area contributed by atoms with Gasteiger partial charge in [-0.1, -0.05) is 0 Å². The maximum absolute atomic E-state index is 13.0. The molecule has 1 saturated heterocycles. The van der Waals surface area contributed by atoms with Crippen molar-refractivity contribution in [1.82, 2.24) is 0 Å². The molecule has 24 heavy (non-hydrogen) atoms. The zero-order chi connectivity index (χ0) is 19.8. The number of ether oxygens (including phenoxy) is 1. The van der Waals surface area contributed by atoms with Gasteiger partial charge in [-0.05, 0) is 0 Å². The molecule has 3 nitrogen and oxygen atoms in total. The van der Waals surface area contributed by atoms with Gasteiger partial charge < -0.3 is 5.73 Å². The minimum absolute atomic E-state index is 2.20. The second-order valence-electron chi connectivity index (χ2n) is 4.45. The van der Waals surface area contributed by atoms with Crippen molar-refractivity contribution in [1.29, 1.82) is 0 Å². The number of primary amides is 1. The fourth-order valence-corrected chi connectivity index (χ4v) is 1.35. The summed E-state index contributed by atoms with van der Waals surface area (Å²) in [6, 6.07) is 0. The number of nitrogens with two attached hydrogens (primary N) is 1. The van der Waals surface area contributed by atoms with E-state index in [9.17, 15) is 61.9 Å². The van der Waals surface area contributed by atoms with Crippen molar-refractivity contribution in [2.45, 2.75) is 41.6 Å². The molecule has 1 heterocycles. The van der Waals surface area contributed by atoms with E-state index in [0.29, 0.717) is 0 Å². The first-order chi connectivity index (χ1) is 10.2. The molecule has 0 bridgehead atoms. The molecule has 1 rings (SSSR count). The molecule has 16 heteroatoms. The highest BCUT2D eigenvalue weighted by Crippen LogP contribution is 2.68. The van der Waals surface area contributed by atoms with Crippen LogP contribution < -0.4 is 5.73 Å². The average molecular weight is 391 g/mol. The third kappa shape index (κ3) is 2.00. The summed E-state index contributed by atoms with van der Waals surface area (Å²) < 4.78 is 169. The molecule has 1 unspecified atom stereocenters. The molecule has 2 N–H and O–H groups in total. The number of alkyl halides is 13. The van der Waals surface area contributed by atoms with Crippen LogP contribution in [0, 0.1) is 0 Å². The quantitative estimate of drug-likeness (QED) is 0.559. The number of carbonyl (C=O) groups excluding carboxylic acids is 1. The van der Waals surface area contributed by atoms with Gasteiger partial charge in [-0.3, -0.25) is 9.53 Å². The van der Waals surface area contributed by atoms with Crippen molar-refractivity contribution >= 4 is 5.91 Å². The predicted octanol–water partition coefficient (Wildman–Crippen LogP) is 2.94. The number of carbonyl (C=O) groups is 1. The summed E-state index contributed by atoms with van der Waals surface area (Å²) in [6.45, 7) is 0. The van der Waals surface area contributed by atoms with E-state index in [-0.39, 0.29) is 0 Å². The van der Waals surface area contributed by atoms with Crippen LogP contribution in [-0.2, 0) is 9.53 Å². The third-order valence-electron chi connectivity index (χ3n) is 2.89. The lowest BCUT2D eigenvalue weighted by Gasteiger charge is -2.38. The second kappa shape index (κ2) is 4.57. The van der Waals surface area contributed by atoms with Gasteiger partial charge >= 0.3 is 41.6 Å². The molecule has 0 aromatic heterocycles. The minimum Gasteiger partial charge on any atom is -0.364 e. The number of amides is 1. The Hall–Kier alpha value is -1.48. The third-order valence-corrected chi connectivity index (χ3v) is 2.89. The predicted molar refractivity (Wildman–Crippen MR) is 43.8 cm³/mol. The Morgan fingerprint density at radius 3 is 1.33 bits per heavy atom. The molecule has 0 radical (unpaired) electrons. The number of halogens is 13. The van der Waals surface area contributed by atoms with Crippen LogP contribution in [0.15, 0.2) is 0 Å². The van der Waals surface area contributed by atoms with Gasteiger partial charge in [0.25, 0.3) is 5.91 Å². The van der Waals surface area contributed by atoms with Crippen molar-refractivity contribution in [2.75, 3.05) is 0 Å². The number of hydrogen-bond donors (Lipinski definition) is 1. The van der Waals surface area contributed by atoms with Gasteiger partial charge in [0, 0.05) is 0 Å². The van der Waals surface area contributed by atoms with E-state index in [4.69, 9.17) is 0 Å². The molecule has 0 aromatic carbocycles. The Kier molecular flexibility index (Phi) is 3.92. The minimum atomic E-state index is -7.91. The first-order valence-electron chi connectivity index (χ1n) is 5.11. The summed E-state index contributed by atoms with van der Waals surface area (Å²) in [6.07, 6.45) is -5.79. The SMILES string of the molecule is NC(=O)C(F)(F)C(F)(F)C(F)(F)C(F)(F)C(F)(F)C1(F)OC1(F)F. The molecular formula is C8H2F13NO2. The van der Waals surface area contributed by atoms with Crippen LogP contribution in [0.25, 0.3) is 0 Å². The monoisotopic (exact) mass is 391 g/mol. The fraction of sp³-hybridized carbons (Fsp3) is 0.875. The van der Waals surface area contributed by atoms with Crippen molar-refractivity contribution in [3.63, 3.8) is 0 Å². The molecule has 0 spiro atoms. The van der Waals surface area contributed by atoms with Gasteiger partial charge in [0.2, 0.25) is 0 Å². The van der Waals surface area contributed by atoms with E-state index in [0.717, 1.165) is 0 Å². The van der Waals surface area contributed by atoms with Crippen molar-refractivity contribution < 1.29 is 66.6 Å². The van der Waals surface area contributed by atoms with Gasteiger partial charge in [0.1, 0.15) is 0 Å². The van der Waals surface area contributed by atoms with Crippen molar-refractivity contribution in [2.24, 2.45) is 5.73 Å². The molecule has 0 aliphatic carbocycles. The van der Waals surface area contributed by atoms with Gasteiger partial charge in [-0.2, -0.15) is 57.1 Å². The van der Waals surface area contributed by atoms with E-state index in [1.54, 1.807) is 0 Å². The molecule has 1 aliphatic heterocycles. The van der Waals surface area contributed by atoms with Gasteiger partial charge in [0.15, 0.2) is 0 Å². The lowest BCUT2D eigenvalue weighted by molar-refractivity contribution is -0.409. The van der Waals surface area contributed by atoms with Crippen LogP contribution in [0.2, 0.25) is 0 Å². The Bertz CT molecular complexity index is 558. The lowest BCUT2D eigenvalue weighted by Crippen LogP contribution is -2.71. The maximum Gasteiger partial charge on any atom is 0.424 e. The van der Waals surface area contributed by atoms with E-state index >= 15 is 0 Å². The maximum atomic E-state index is 13.0. The van der Waals surface area contributed by atoms with Crippen LogP contribution >= 0.6 is 0 Å². The van der Waals surface area contributed by atoms with E-state index in [1.807, 2.05) is 0 Å². The summed E-state index contributed by atoms with van der Waals surface area (Å²) in [5, 5.41) is 0. The van der Waals surface area contributed by atoms with E-state index in [1.165, 1.54) is 0 Å². The van der Waals surface area contributed by atoms with Crippen LogP contribution in [0.3, 0.4) is 0 Å². The first kappa shape index (κ1) is 20.6. The average Bonchev–Trinajstić information content (AvgIpc) is 2.89. The molecule has 1 amide bonds. The van der Waals surface area contributed by atoms with Crippen LogP contribution in [0.4, 0.5) is 57.1 Å². The van der Waals surface area contributed by atoms with Gasteiger partial charge in [-0.15, -0.1) is 0 Å². The zero-order valence-electron chi connectivity index (χ0n) is 10.3. The second-order valence-corrected chi connectivity index (χ2v) is 4.45. The Morgan fingerprint density at radius 1 is 0.750 bits per heavy atom. The number of hydrogen-bond acceptors (Lipinski definition) is 2. The molecule has 1 aliphatic rings. The highest BCUT2D eigenvalue weighted by Gasteiger charge is 2.99. The van der Waals surface area contributed by atoms with Gasteiger partial charge in [0.05, 0.1) is 0 Å². The Balaban J connectivity index is 3.48. The van der Waals surface area contributed by atoms with E-state index < -0.39 is 47.5 Å². The van der Waals surface area contributed by atoms with E-state index in [2.05, 4.69) is 10.5 Å². The molecule has 0 saturated carbocycles. The van der Waals surface area contributed by atoms with Crippen LogP contribution in [0.1, 0.15) is 0 Å². The Labute approximate surface area is 121 Å². The van der Waals surface area contributed by atoms with Crippen molar-refractivity contribution in [3.8, 4) is 0 Å². The highest BCUT2D eigenvalue weighted by atomic mass is 19.4. The Morgan fingerprint density at radius 2 is 1.08 bits per heavy atom. The number of epoxide rings is 1. The van der Waals surface area contributed by atoms with Crippen LogP contribution in [-0.4, -0.2) is 47.5 Å². The molecule has 0 aromatic rings. The molecule has 1 atom stereocenters. The summed E-state index contributed by atoms with van der Waals surface area (Å²) in [7, 11) is 0. The van der Waals surface area contributed by atoms with Crippen LogP contribution in [0.5, 0.6) is 0 Å². The number of rotatable bonds is 6. The summed E-state index contributed by atoms with van der Waals surface area (Å²) in [4.78, 5) is 10.0. The highest BCUT2D eigenvalue weighted by molar-refractivity contribution is 5.83. The smallest absolute Gasteiger partial charge is 0.364 e. The zero-order valence-corrected chi connectivity index (χ0v) is 10.3. The molecule has 1 fully saturated rings. The first-order valence-corrected chi connectivity index (χ1v) is 5.11. The fourth-order valence-electron chi connectivity index (χ4n) is 1.35. The molecular weight excluding hydrogens is 389 g/mol. The largest absolute Gasteiger partial charge is 0.424 e. The summed E-state index contributed by atoms with van der Waals surface area (Å²) >= 11 is 0. The molecule has 142 valence electrons. The lowest BCUT2D eigenvalue weighted by atomic mass is 9.92. The normalized spacial score (nSPS) is 25.5. The topological polar surface area (TPSA) is 55.6 Å². The summed E-state index contributed by atoms with van der Waals surface area (Å²) in [5.74, 6) is -47.4. The summed E-state index contributed by atoms with van der Waals surface area (Å²) in [5.41, 5.74) is 3.59. The van der Waals surface area contributed by atoms with Gasteiger partial charge in [-0.25, -0.2) is 0 Å². The van der Waals surface area contributed by atoms with Crippen molar-refractivity contribution in [3.05, 3.63) is 0 Å².